The van der Waals surface area contributed by atoms with Crippen LogP contribution in [0.5, 0.6) is 0 Å². The lowest BCUT2D eigenvalue weighted by Crippen LogP contribution is -2.15. The van der Waals surface area contributed by atoms with Crippen LogP contribution >= 0.6 is 11.9 Å². The number of aryl methyl sites for hydroxylation is 1. The number of benzene rings is 1. The third kappa shape index (κ3) is 4.51. The van der Waals surface area contributed by atoms with E-state index in [9.17, 15) is 4.79 Å². The summed E-state index contributed by atoms with van der Waals surface area (Å²) in [7, 11) is 0. The lowest BCUT2D eigenvalue weighted by Gasteiger charge is -2.05. The van der Waals surface area contributed by atoms with Crippen molar-refractivity contribution in [2.45, 2.75) is 25.0 Å². The van der Waals surface area contributed by atoms with Gasteiger partial charge in [-0.1, -0.05) is 24.3 Å². The van der Waals surface area contributed by atoms with Gasteiger partial charge in [-0.05, 0) is 48.4 Å². The average Bonchev–Trinajstić information content (AvgIpc) is 2.48. The average molecular weight is 290 g/mol. The van der Waals surface area contributed by atoms with E-state index in [1.807, 2.05) is 0 Å². The minimum absolute atomic E-state index is 0.0990. The van der Waals surface area contributed by atoms with Crippen LogP contribution < -0.4 is 5.56 Å². The summed E-state index contributed by atoms with van der Waals surface area (Å²) in [6.45, 7) is 0.257. The maximum atomic E-state index is 11.5. The number of nitrogens with zero attached hydrogens (tertiary/aromatic N) is 2. The summed E-state index contributed by atoms with van der Waals surface area (Å²) in [5, 5.41) is 12.8. The Morgan fingerprint density at radius 3 is 2.55 bits per heavy atom. The molecule has 1 aromatic heterocycles. The van der Waals surface area contributed by atoms with Crippen LogP contribution in [0.3, 0.4) is 0 Å². The first-order chi connectivity index (χ1) is 9.79. The van der Waals surface area contributed by atoms with Crippen molar-refractivity contribution < 1.29 is 5.11 Å². The smallest absolute Gasteiger partial charge is 0.277 e. The molecule has 0 spiro atoms. The van der Waals surface area contributed by atoms with Crippen LogP contribution in [0.1, 0.15) is 24.0 Å². The Balaban J connectivity index is 1.88. The van der Waals surface area contributed by atoms with E-state index >= 15 is 0 Å². The SMILES string of the molecule is O=c1cccnn1SCc1ccc(CCCCO)cc1. The van der Waals surface area contributed by atoms with E-state index in [0.29, 0.717) is 5.75 Å². The van der Waals surface area contributed by atoms with Gasteiger partial charge in [-0.2, -0.15) is 9.19 Å². The van der Waals surface area contributed by atoms with Crippen LogP contribution in [0.4, 0.5) is 0 Å². The van der Waals surface area contributed by atoms with Crippen molar-refractivity contribution in [3.63, 3.8) is 0 Å². The van der Waals surface area contributed by atoms with Crippen molar-refractivity contribution in [3.05, 3.63) is 64.1 Å². The van der Waals surface area contributed by atoms with Crippen molar-refractivity contribution >= 4 is 11.9 Å². The third-order valence-electron chi connectivity index (χ3n) is 2.93. The number of hydrogen-bond acceptors (Lipinski definition) is 4. The molecule has 0 radical (unpaired) electrons. The van der Waals surface area contributed by atoms with E-state index in [1.54, 1.807) is 12.3 Å². The highest BCUT2D eigenvalue weighted by Crippen LogP contribution is 2.14. The first-order valence-electron chi connectivity index (χ1n) is 6.66. The number of aliphatic hydroxyl groups excluding tert-OH is 1. The summed E-state index contributed by atoms with van der Waals surface area (Å²) in [5.74, 6) is 0.716. The molecule has 5 heteroatoms. The molecule has 106 valence electrons. The quantitative estimate of drug-likeness (QED) is 0.795. The second-order valence-electron chi connectivity index (χ2n) is 4.51. The minimum Gasteiger partial charge on any atom is -0.396 e. The maximum Gasteiger partial charge on any atom is 0.277 e. The molecule has 1 heterocycles. The Bertz CT molecular complexity index is 581. The monoisotopic (exact) mass is 290 g/mol. The Hall–Kier alpha value is -1.59. The van der Waals surface area contributed by atoms with Crippen molar-refractivity contribution in [1.82, 2.24) is 9.19 Å². The molecule has 1 aromatic carbocycles. The molecular formula is C15H18N2O2S. The molecule has 4 nitrogen and oxygen atoms in total. The zero-order valence-electron chi connectivity index (χ0n) is 11.2. The fraction of sp³-hybridized carbons (Fsp3) is 0.333. The maximum absolute atomic E-state index is 11.5. The van der Waals surface area contributed by atoms with E-state index in [1.165, 1.54) is 33.2 Å². The zero-order chi connectivity index (χ0) is 14.2. The molecule has 0 aliphatic rings. The molecular weight excluding hydrogens is 272 g/mol. The molecule has 0 aliphatic heterocycles. The highest BCUT2D eigenvalue weighted by atomic mass is 32.2. The number of aliphatic hydroxyl groups is 1. The second-order valence-corrected chi connectivity index (χ2v) is 5.40. The van der Waals surface area contributed by atoms with Gasteiger partial charge in [0.15, 0.2) is 0 Å². The van der Waals surface area contributed by atoms with Crippen LogP contribution in [0.15, 0.2) is 47.4 Å². The molecule has 2 rings (SSSR count). The predicted molar refractivity (Wildman–Crippen MR) is 81.7 cm³/mol. The highest BCUT2D eigenvalue weighted by molar-refractivity contribution is 7.96. The van der Waals surface area contributed by atoms with Crippen LogP contribution in [-0.4, -0.2) is 20.9 Å². The Kier molecular flexibility index (Phi) is 5.83. The summed E-state index contributed by atoms with van der Waals surface area (Å²) in [6, 6.07) is 11.5. The molecule has 0 aliphatic carbocycles. The van der Waals surface area contributed by atoms with Gasteiger partial charge in [0.1, 0.15) is 0 Å². The zero-order valence-corrected chi connectivity index (χ0v) is 12.1. The molecule has 2 aromatic rings. The number of hydrogen-bond donors (Lipinski definition) is 1. The number of rotatable bonds is 7. The molecule has 0 bridgehead atoms. The van der Waals surface area contributed by atoms with Gasteiger partial charge < -0.3 is 5.11 Å². The molecule has 0 atom stereocenters. The topological polar surface area (TPSA) is 55.1 Å². The fourth-order valence-electron chi connectivity index (χ4n) is 1.82. The van der Waals surface area contributed by atoms with Gasteiger partial charge in [0.05, 0.1) is 0 Å². The van der Waals surface area contributed by atoms with Gasteiger partial charge in [0, 0.05) is 24.6 Å². The fourth-order valence-corrected chi connectivity index (χ4v) is 2.59. The molecule has 1 N–H and O–H groups in total. The molecule has 0 saturated carbocycles. The molecule has 20 heavy (non-hydrogen) atoms. The Morgan fingerprint density at radius 2 is 1.85 bits per heavy atom. The molecule has 0 saturated heterocycles. The minimum atomic E-state index is -0.0990. The van der Waals surface area contributed by atoms with E-state index < -0.39 is 0 Å². The van der Waals surface area contributed by atoms with Gasteiger partial charge in [-0.25, -0.2) is 0 Å². The second kappa shape index (κ2) is 7.87. The largest absolute Gasteiger partial charge is 0.396 e. The van der Waals surface area contributed by atoms with Gasteiger partial charge in [0.25, 0.3) is 5.56 Å². The van der Waals surface area contributed by atoms with E-state index in [-0.39, 0.29) is 12.2 Å². The van der Waals surface area contributed by atoms with Crippen molar-refractivity contribution in [2.75, 3.05) is 6.61 Å². The van der Waals surface area contributed by atoms with E-state index in [4.69, 9.17) is 5.11 Å². The van der Waals surface area contributed by atoms with Gasteiger partial charge in [0.2, 0.25) is 0 Å². The summed E-state index contributed by atoms with van der Waals surface area (Å²) < 4.78 is 1.40. The first kappa shape index (κ1) is 14.8. The highest BCUT2D eigenvalue weighted by Gasteiger charge is 1.99. The van der Waals surface area contributed by atoms with Crippen LogP contribution in [0, 0.1) is 0 Å². The summed E-state index contributed by atoms with van der Waals surface area (Å²) >= 11 is 1.39. The number of unbranched alkanes of at least 4 members (excludes halogenated alkanes) is 1. The normalized spacial score (nSPS) is 10.7. The lowest BCUT2D eigenvalue weighted by molar-refractivity contribution is 0.284. The van der Waals surface area contributed by atoms with Gasteiger partial charge in [-0.15, -0.1) is 0 Å². The summed E-state index contributed by atoms with van der Waals surface area (Å²) in [4.78, 5) is 11.5. The van der Waals surface area contributed by atoms with Crippen LogP contribution in [-0.2, 0) is 12.2 Å². The first-order valence-corrected chi connectivity index (χ1v) is 7.60. The van der Waals surface area contributed by atoms with E-state index in [0.717, 1.165) is 19.3 Å². The Morgan fingerprint density at radius 1 is 1.10 bits per heavy atom. The molecule has 0 fully saturated rings. The van der Waals surface area contributed by atoms with Gasteiger partial charge in [-0.3, -0.25) is 4.79 Å². The van der Waals surface area contributed by atoms with Crippen LogP contribution in [0.25, 0.3) is 0 Å². The number of aromatic nitrogens is 2. The van der Waals surface area contributed by atoms with Crippen molar-refractivity contribution in [2.24, 2.45) is 0 Å². The van der Waals surface area contributed by atoms with E-state index in [2.05, 4.69) is 29.4 Å². The van der Waals surface area contributed by atoms with Crippen molar-refractivity contribution in [3.8, 4) is 0 Å². The molecule has 0 unspecified atom stereocenters. The Labute approximate surface area is 122 Å². The summed E-state index contributed by atoms with van der Waals surface area (Å²) in [6.07, 6.45) is 4.46. The molecule has 0 amide bonds. The predicted octanol–water partition coefficient (Wildman–Crippen LogP) is 2.25. The van der Waals surface area contributed by atoms with Crippen molar-refractivity contribution in [1.29, 1.82) is 0 Å². The van der Waals surface area contributed by atoms with Crippen LogP contribution in [0.2, 0.25) is 0 Å². The lowest BCUT2D eigenvalue weighted by atomic mass is 10.1. The standard InChI is InChI=1S/C15H18N2O2S/c18-11-2-1-4-13-6-8-14(9-7-13)12-20-17-15(19)5-3-10-16-17/h3,5-10,18H,1-2,4,11-12H2. The van der Waals surface area contributed by atoms with Gasteiger partial charge >= 0.3 is 0 Å². The summed E-state index contributed by atoms with van der Waals surface area (Å²) in [5.41, 5.74) is 2.35. The third-order valence-corrected chi connectivity index (χ3v) is 3.92.